The largest absolute Gasteiger partial charge is 0.362 e. The molecule has 0 radical (unpaired) electrons. The number of benzene rings is 1. The molecule has 1 aromatic heterocycles. The normalized spacial score (nSPS) is 10.3. The number of aromatic amines is 1. The van der Waals surface area contributed by atoms with Crippen LogP contribution >= 0.6 is 47.0 Å². The van der Waals surface area contributed by atoms with Gasteiger partial charge >= 0.3 is 0 Å². The third kappa shape index (κ3) is 4.24. The Labute approximate surface area is 136 Å². The Bertz CT molecular complexity index is 601. The van der Waals surface area contributed by atoms with Crippen LogP contribution in [0.4, 0.5) is 5.95 Å². The Morgan fingerprint density at radius 1 is 1.30 bits per heavy atom. The van der Waals surface area contributed by atoms with E-state index in [2.05, 4.69) is 20.6 Å². The molecule has 0 aliphatic heterocycles. The number of imidazole rings is 1. The van der Waals surface area contributed by atoms with Crippen molar-refractivity contribution in [1.29, 1.82) is 0 Å². The van der Waals surface area contributed by atoms with Gasteiger partial charge in [0.1, 0.15) is 0 Å². The highest BCUT2D eigenvalue weighted by Gasteiger charge is 2.07. The zero-order chi connectivity index (χ0) is 14.5. The van der Waals surface area contributed by atoms with Gasteiger partial charge in [-0.05, 0) is 36.3 Å². The van der Waals surface area contributed by atoms with Gasteiger partial charge < -0.3 is 15.6 Å². The van der Waals surface area contributed by atoms with Crippen molar-refractivity contribution in [3.8, 4) is 0 Å². The van der Waals surface area contributed by atoms with Crippen molar-refractivity contribution in [3.63, 3.8) is 0 Å². The van der Waals surface area contributed by atoms with E-state index in [0.717, 1.165) is 5.56 Å². The molecule has 1 heterocycles. The molecule has 0 unspecified atom stereocenters. The maximum absolute atomic E-state index is 6.11. The second kappa shape index (κ2) is 7.13. The van der Waals surface area contributed by atoms with Crippen LogP contribution in [0.15, 0.2) is 24.5 Å². The van der Waals surface area contributed by atoms with Gasteiger partial charge in [-0.1, -0.05) is 34.8 Å². The Hall–Kier alpha value is -1.01. The highest BCUT2D eigenvalue weighted by atomic mass is 35.5. The lowest BCUT2D eigenvalue weighted by atomic mass is 10.1. The Morgan fingerprint density at radius 2 is 2.10 bits per heavy atom. The number of halogens is 3. The summed E-state index contributed by atoms with van der Waals surface area (Å²) in [4.78, 5) is 6.90. The van der Waals surface area contributed by atoms with Crippen LogP contribution in [0.3, 0.4) is 0 Å². The lowest BCUT2D eigenvalue weighted by Gasteiger charge is -2.10. The summed E-state index contributed by atoms with van der Waals surface area (Å²) in [5.41, 5.74) is 0.873. The fourth-order valence-electron chi connectivity index (χ4n) is 1.59. The molecule has 0 aliphatic carbocycles. The average Bonchev–Trinajstić information content (AvgIpc) is 2.87. The molecule has 0 saturated carbocycles. The molecule has 0 bridgehead atoms. The maximum Gasteiger partial charge on any atom is 0.206 e. The number of anilines is 1. The van der Waals surface area contributed by atoms with Gasteiger partial charge in [-0.2, -0.15) is 0 Å². The molecule has 0 amide bonds. The van der Waals surface area contributed by atoms with Gasteiger partial charge in [-0.3, -0.25) is 0 Å². The van der Waals surface area contributed by atoms with Gasteiger partial charge in [-0.25, -0.2) is 4.98 Å². The van der Waals surface area contributed by atoms with Crippen LogP contribution in [0.25, 0.3) is 0 Å². The summed E-state index contributed by atoms with van der Waals surface area (Å²) >= 11 is 23.2. The number of rotatable bonds is 4. The summed E-state index contributed by atoms with van der Waals surface area (Å²) in [7, 11) is 0. The molecule has 4 nitrogen and oxygen atoms in total. The minimum atomic E-state index is 0.449. The van der Waals surface area contributed by atoms with E-state index in [-0.39, 0.29) is 0 Å². The summed E-state index contributed by atoms with van der Waals surface area (Å²) in [6.07, 6.45) is 4.00. The fourth-order valence-corrected chi connectivity index (χ4v) is 2.53. The van der Waals surface area contributed by atoms with Crippen LogP contribution in [0, 0.1) is 0 Å². The molecule has 1 aromatic carbocycles. The zero-order valence-corrected chi connectivity index (χ0v) is 13.3. The molecule has 3 N–H and O–H groups in total. The fraction of sp³-hybridized carbons (Fsp3) is 0.167. The lowest BCUT2D eigenvalue weighted by molar-refractivity contribution is 0.872. The van der Waals surface area contributed by atoms with Crippen LogP contribution in [0.5, 0.6) is 0 Å². The second-order valence-electron chi connectivity index (χ2n) is 3.93. The van der Waals surface area contributed by atoms with Crippen LogP contribution in [0.2, 0.25) is 15.1 Å². The van der Waals surface area contributed by atoms with E-state index in [0.29, 0.717) is 39.1 Å². The SMILES string of the molecule is S=C(NCCc1cc(Cl)cc(Cl)c1Cl)Nc1ncc[nH]1. The molecule has 8 heteroatoms. The van der Waals surface area contributed by atoms with E-state index in [9.17, 15) is 0 Å². The van der Waals surface area contributed by atoms with Crippen molar-refractivity contribution < 1.29 is 0 Å². The maximum atomic E-state index is 6.11. The summed E-state index contributed by atoms with van der Waals surface area (Å²) in [5.74, 6) is 0.589. The van der Waals surface area contributed by atoms with Crippen molar-refractivity contribution >= 4 is 58.1 Å². The van der Waals surface area contributed by atoms with Crippen LogP contribution in [0.1, 0.15) is 5.56 Å². The smallest absolute Gasteiger partial charge is 0.206 e. The molecule has 20 heavy (non-hydrogen) atoms. The molecule has 2 rings (SSSR count). The van der Waals surface area contributed by atoms with Crippen molar-refractivity contribution in [1.82, 2.24) is 15.3 Å². The topological polar surface area (TPSA) is 52.7 Å². The Balaban J connectivity index is 1.85. The Morgan fingerprint density at radius 3 is 2.80 bits per heavy atom. The van der Waals surface area contributed by atoms with E-state index in [1.54, 1.807) is 24.5 Å². The monoisotopic (exact) mass is 348 g/mol. The van der Waals surface area contributed by atoms with Crippen molar-refractivity contribution in [3.05, 3.63) is 45.2 Å². The van der Waals surface area contributed by atoms with Crippen molar-refractivity contribution in [2.75, 3.05) is 11.9 Å². The second-order valence-corrected chi connectivity index (χ2v) is 5.56. The number of hydrogen-bond acceptors (Lipinski definition) is 2. The molecule has 2 aromatic rings. The summed E-state index contributed by atoms with van der Waals surface area (Å²) in [6.45, 7) is 0.600. The minimum absolute atomic E-state index is 0.449. The van der Waals surface area contributed by atoms with E-state index in [4.69, 9.17) is 47.0 Å². The lowest BCUT2D eigenvalue weighted by Crippen LogP contribution is -2.30. The van der Waals surface area contributed by atoms with Crippen LogP contribution in [-0.2, 0) is 6.42 Å². The number of thiocarbonyl (C=S) groups is 1. The highest BCUT2D eigenvalue weighted by Crippen LogP contribution is 2.29. The third-order valence-electron chi connectivity index (χ3n) is 2.48. The van der Waals surface area contributed by atoms with Gasteiger partial charge in [0.05, 0.1) is 10.0 Å². The first-order valence-electron chi connectivity index (χ1n) is 5.74. The molecule has 106 valence electrons. The van der Waals surface area contributed by atoms with E-state index in [1.807, 2.05) is 0 Å². The molecule has 0 fully saturated rings. The number of hydrogen-bond donors (Lipinski definition) is 3. The molecule has 0 atom stereocenters. The predicted octanol–water partition coefficient (Wildman–Crippen LogP) is 3.90. The molecular weight excluding hydrogens is 339 g/mol. The molecular formula is C12H11Cl3N4S. The minimum Gasteiger partial charge on any atom is -0.362 e. The van der Waals surface area contributed by atoms with E-state index >= 15 is 0 Å². The summed E-state index contributed by atoms with van der Waals surface area (Å²) in [6, 6.07) is 3.41. The quantitative estimate of drug-likeness (QED) is 0.579. The van der Waals surface area contributed by atoms with Crippen LogP contribution < -0.4 is 10.6 Å². The van der Waals surface area contributed by atoms with Gasteiger partial charge in [0, 0.05) is 24.0 Å². The first kappa shape index (κ1) is 15.4. The van der Waals surface area contributed by atoms with Gasteiger partial charge in [0.15, 0.2) is 5.11 Å². The summed E-state index contributed by atoms with van der Waals surface area (Å²) in [5, 5.41) is 7.97. The van der Waals surface area contributed by atoms with E-state index < -0.39 is 0 Å². The van der Waals surface area contributed by atoms with Crippen molar-refractivity contribution in [2.45, 2.75) is 6.42 Å². The third-order valence-corrected chi connectivity index (χ3v) is 3.78. The number of aromatic nitrogens is 2. The number of nitrogens with zero attached hydrogens (tertiary/aromatic N) is 1. The first-order chi connectivity index (χ1) is 9.56. The number of H-pyrrole nitrogens is 1. The van der Waals surface area contributed by atoms with Gasteiger partial charge in [-0.15, -0.1) is 0 Å². The predicted molar refractivity (Wildman–Crippen MR) is 88.0 cm³/mol. The average molecular weight is 350 g/mol. The summed E-state index contributed by atoms with van der Waals surface area (Å²) < 4.78 is 0. The van der Waals surface area contributed by atoms with E-state index in [1.165, 1.54) is 0 Å². The molecule has 0 aliphatic rings. The van der Waals surface area contributed by atoms with Gasteiger partial charge in [0.25, 0.3) is 0 Å². The number of nitrogens with one attached hydrogen (secondary N) is 3. The Kier molecular flexibility index (Phi) is 5.48. The van der Waals surface area contributed by atoms with Gasteiger partial charge in [0.2, 0.25) is 5.95 Å². The molecule has 0 saturated heterocycles. The van der Waals surface area contributed by atoms with Crippen LogP contribution in [-0.4, -0.2) is 21.6 Å². The zero-order valence-electron chi connectivity index (χ0n) is 10.2. The van der Waals surface area contributed by atoms with Crippen molar-refractivity contribution in [2.24, 2.45) is 0 Å². The highest BCUT2D eigenvalue weighted by molar-refractivity contribution is 7.80. The molecule has 0 spiro atoms. The standard InChI is InChI=1S/C12H11Cl3N4S/c13-8-5-7(10(15)9(14)6-8)1-2-18-12(20)19-11-16-3-4-17-11/h3-6H,1-2H2,(H3,16,17,18,19,20). The first-order valence-corrected chi connectivity index (χ1v) is 7.28.